The Morgan fingerprint density at radius 2 is 2.11 bits per heavy atom. The van der Waals surface area contributed by atoms with Crippen LogP contribution < -0.4 is 10.1 Å². The highest BCUT2D eigenvalue weighted by Crippen LogP contribution is 2.27. The third-order valence-electron chi connectivity index (χ3n) is 5.21. The molecule has 0 unspecified atom stereocenters. The number of aliphatic hydroxyl groups is 1. The molecule has 7 nitrogen and oxygen atoms in total. The molecular formula is C19H26FN3O4. The fraction of sp³-hybridized carbons (Fsp3) is 0.579. The molecule has 0 saturated carbocycles. The number of methoxy groups -OCH3 is 1. The number of hydrogen-bond acceptors (Lipinski definition) is 5. The number of β-amino-alcohol motifs (C(OH)–C–C–N with tert-alkyl or cyclic N) is 1. The zero-order valence-corrected chi connectivity index (χ0v) is 15.5. The smallest absolute Gasteiger partial charge is 0.256 e. The molecule has 148 valence electrons. The second-order valence-electron chi connectivity index (χ2n) is 7.20. The van der Waals surface area contributed by atoms with Crippen LogP contribution in [0.15, 0.2) is 18.2 Å². The van der Waals surface area contributed by atoms with E-state index in [2.05, 4.69) is 5.32 Å². The van der Waals surface area contributed by atoms with Gasteiger partial charge in [-0.1, -0.05) is 0 Å². The van der Waals surface area contributed by atoms with Crippen molar-refractivity contribution in [3.8, 4) is 5.75 Å². The Bertz CT molecular complexity index is 714. The molecule has 1 aromatic carbocycles. The normalized spacial score (nSPS) is 24.5. The first-order valence-corrected chi connectivity index (χ1v) is 9.24. The van der Waals surface area contributed by atoms with E-state index in [0.29, 0.717) is 56.8 Å². The van der Waals surface area contributed by atoms with Gasteiger partial charge in [0.15, 0.2) is 5.60 Å². The summed E-state index contributed by atoms with van der Waals surface area (Å²) in [6, 6.07) is 4.42. The maximum absolute atomic E-state index is 14.1. The molecule has 0 bridgehead atoms. The van der Waals surface area contributed by atoms with Gasteiger partial charge in [-0.05, 0) is 31.0 Å². The van der Waals surface area contributed by atoms with E-state index in [1.165, 1.54) is 24.1 Å². The number of piperidine rings is 1. The van der Waals surface area contributed by atoms with E-state index in [1.54, 1.807) is 6.07 Å². The van der Waals surface area contributed by atoms with Crippen LogP contribution in [0.25, 0.3) is 0 Å². The van der Waals surface area contributed by atoms with Crippen LogP contribution in [0.4, 0.5) is 4.39 Å². The van der Waals surface area contributed by atoms with Gasteiger partial charge in [0.2, 0.25) is 5.91 Å². The highest BCUT2D eigenvalue weighted by atomic mass is 19.1. The third-order valence-corrected chi connectivity index (χ3v) is 5.21. The summed E-state index contributed by atoms with van der Waals surface area (Å²) in [7, 11) is 1.50. The van der Waals surface area contributed by atoms with E-state index < -0.39 is 11.4 Å². The van der Waals surface area contributed by atoms with Crippen LogP contribution in [0.5, 0.6) is 5.75 Å². The fourth-order valence-electron chi connectivity index (χ4n) is 3.71. The molecule has 2 fully saturated rings. The monoisotopic (exact) mass is 379 g/mol. The predicted molar refractivity (Wildman–Crippen MR) is 96.6 cm³/mol. The Kier molecular flexibility index (Phi) is 5.96. The SMILES string of the molecule is COc1ccc(F)c(CN2CCC[C@](O)(CN3CCNC(=O)CC3)C2=O)c1. The molecule has 2 saturated heterocycles. The highest BCUT2D eigenvalue weighted by molar-refractivity contribution is 5.86. The molecule has 0 aromatic heterocycles. The minimum absolute atomic E-state index is 0.0189. The lowest BCUT2D eigenvalue weighted by Crippen LogP contribution is -2.58. The van der Waals surface area contributed by atoms with E-state index in [-0.39, 0.29) is 24.9 Å². The number of carbonyl (C=O) groups excluding carboxylic acids is 2. The largest absolute Gasteiger partial charge is 0.497 e. The van der Waals surface area contributed by atoms with Crippen molar-refractivity contribution in [2.45, 2.75) is 31.4 Å². The van der Waals surface area contributed by atoms with Gasteiger partial charge in [-0.3, -0.25) is 14.5 Å². The average Bonchev–Trinajstić information content (AvgIpc) is 2.85. The number of nitrogens with one attached hydrogen (secondary N) is 1. The van der Waals surface area contributed by atoms with Gasteiger partial charge in [0.05, 0.1) is 7.11 Å². The van der Waals surface area contributed by atoms with Crippen LogP contribution in [-0.4, -0.2) is 72.2 Å². The van der Waals surface area contributed by atoms with Gasteiger partial charge in [-0.15, -0.1) is 0 Å². The first-order valence-electron chi connectivity index (χ1n) is 9.24. The van der Waals surface area contributed by atoms with Crippen molar-refractivity contribution < 1.29 is 23.8 Å². The number of halogens is 1. The Morgan fingerprint density at radius 1 is 1.30 bits per heavy atom. The number of benzene rings is 1. The quantitative estimate of drug-likeness (QED) is 0.779. The molecule has 27 heavy (non-hydrogen) atoms. The molecule has 2 aliphatic heterocycles. The Balaban J connectivity index is 1.70. The molecule has 2 amide bonds. The molecule has 2 heterocycles. The molecule has 0 radical (unpaired) electrons. The van der Waals surface area contributed by atoms with E-state index in [0.717, 1.165) is 0 Å². The molecule has 2 N–H and O–H groups in total. The zero-order valence-electron chi connectivity index (χ0n) is 15.5. The van der Waals surface area contributed by atoms with Gasteiger partial charge in [-0.25, -0.2) is 4.39 Å². The van der Waals surface area contributed by atoms with E-state index in [4.69, 9.17) is 4.74 Å². The second-order valence-corrected chi connectivity index (χ2v) is 7.20. The van der Waals surface area contributed by atoms with Crippen LogP contribution in [-0.2, 0) is 16.1 Å². The standard InChI is InChI=1S/C19H26FN3O4/c1-27-15-3-4-16(20)14(11-15)12-23-8-2-6-19(26,18(23)25)13-22-9-5-17(24)21-7-10-22/h3-4,11,26H,2,5-10,12-13H2,1H3,(H,21,24)/t19-/m0/s1. The van der Waals surface area contributed by atoms with Crippen molar-refractivity contribution in [1.29, 1.82) is 0 Å². The fourth-order valence-corrected chi connectivity index (χ4v) is 3.71. The molecule has 0 aliphatic carbocycles. The summed E-state index contributed by atoms with van der Waals surface area (Å²) in [6.07, 6.45) is 1.35. The zero-order chi connectivity index (χ0) is 19.4. The van der Waals surface area contributed by atoms with Crippen molar-refractivity contribution in [3.05, 3.63) is 29.6 Å². The van der Waals surface area contributed by atoms with E-state index >= 15 is 0 Å². The average molecular weight is 379 g/mol. The lowest BCUT2D eigenvalue weighted by molar-refractivity contribution is -0.160. The number of likely N-dealkylation sites (tertiary alicyclic amines) is 1. The minimum atomic E-state index is -1.51. The number of nitrogens with zero attached hydrogens (tertiary/aromatic N) is 2. The number of carbonyl (C=O) groups is 2. The van der Waals surface area contributed by atoms with Crippen LogP contribution in [0, 0.1) is 5.82 Å². The number of amides is 2. The van der Waals surface area contributed by atoms with Crippen molar-refractivity contribution in [2.24, 2.45) is 0 Å². The molecule has 3 rings (SSSR count). The summed E-state index contributed by atoms with van der Waals surface area (Å²) in [6.45, 7) is 2.33. The Labute approximate surface area is 158 Å². The third kappa shape index (κ3) is 4.56. The summed E-state index contributed by atoms with van der Waals surface area (Å²) >= 11 is 0. The summed E-state index contributed by atoms with van der Waals surface area (Å²) < 4.78 is 19.3. The summed E-state index contributed by atoms with van der Waals surface area (Å²) in [5.41, 5.74) is -1.16. The Hall–Kier alpha value is -2.19. The van der Waals surface area contributed by atoms with Gasteiger partial charge in [0.1, 0.15) is 11.6 Å². The van der Waals surface area contributed by atoms with E-state index in [9.17, 15) is 19.1 Å². The molecule has 1 atom stereocenters. The lowest BCUT2D eigenvalue weighted by Gasteiger charge is -2.40. The van der Waals surface area contributed by atoms with Crippen molar-refractivity contribution in [1.82, 2.24) is 15.1 Å². The first kappa shape index (κ1) is 19.6. The van der Waals surface area contributed by atoms with Crippen LogP contribution in [0.1, 0.15) is 24.8 Å². The lowest BCUT2D eigenvalue weighted by atomic mass is 9.90. The van der Waals surface area contributed by atoms with Crippen molar-refractivity contribution in [3.63, 3.8) is 0 Å². The van der Waals surface area contributed by atoms with Crippen LogP contribution in [0.2, 0.25) is 0 Å². The van der Waals surface area contributed by atoms with Crippen LogP contribution in [0.3, 0.4) is 0 Å². The Morgan fingerprint density at radius 3 is 2.89 bits per heavy atom. The molecular weight excluding hydrogens is 353 g/mol. The predicted octanol–water partition coefficient (Wildman–Crippen LogP) is 0.510. The van der Waals surface area contributed by atoms with Crippen molar-refractivity contribution in [2.75, 3.05) is 39.8 Å². The molecule has 2 aliphatic rings. The van der Waals surface area contributed by atoms with Crippen LogP contribution >= 0.6 is 0 Å². The van der Waals surface area contributed by atoms with Gasteiger partial charge < -0.3 is 20.1 Å². The maximum Gasteiger partial charge on any atom is 0.256 e. The topological polar surface area (TPSA) is 82.1 Å². The molecule has 1 aromatic rings. The van der Waals surface area contributed by atoms with Gasteiger partial charge in [0.25, 0.3) is 5.91 Å². The summed E-state index contributed by atoms with van der Waals surface area (Å²) in [4.78, 5) is 27.9. The molecule has 8 heteroatoms. The number of rotatable bonds is 5. The highest BCUT2D eigenvalue weighted by Gasteiger charge is 2.43. The summed E-state index contributed by atoms with van der Waals surface area (Å²) in [5, 5.41) is 13.8. The van der Waals surface area contributed by atoms with Gasteiger partial charge >= 0.3 is 0 Å². The van der Waals surface area contributed by atoms with Gasteiger partial charge in [0, 0.05) is 51.3 Å². The first-order chi connectivity index (χ1) is 12.9. The maximum atomic E-state index is 14.1. The van der Waals surface area contributed by atoms with Gasteiger partial charge in [-0.2, -0.15) is 0 Å². The number of hydrogen-bond donors (Lipinski definition) is 2. The summed E-state index contributed by atoms with van der Waals surface area (Å²) in [5.74, 6) is -0.295. The van der Waals surface area contributed by atoms with E-state index in [1.807, 2.05) is 4.90 Å². The number of ether oxygens (including phenoxy) is 1. The second kappa shape index (κ2) is 8.22. The van der Waals surface area contributed by atoms with Crippen molar-refractivity contribution >= 4 is 11.8 Å². The minimum Gasteiger partial charge on any atom is -0.497 e. The molecule has 0 spiro atoms.